The number of rotatable bonds is 9. The molecule has 3 aromatic rings. The summed E-state index contributed by atoms with van der Waals surface area (Å²) in [6, 6.07) is 9.93. The Morgan fingerprint density at radius 3 is 1.82 bits per heavy atom. The van der Waals surface area contributed by atoms with Gasteiger partial charge in [0.05, 0.1) is 48.8 Å². The second kappa shape index (κ2) is 11.0. The predicted octanol–water partition coefficient (Wildman–Crippen LogP) is 4.43. The Morgan fingerprint density at radius 2 is 1.29 bits per heavy atom. The second-order valence-corrected chi connectivity index (χ2v) is 7.01. The average Bonchev–Trinajstić information content (AvgIpc) is 2.90. The highest BCUT2D eigenvalue weighted by Crippen LogP contribution is 2.26. The molecule has 0 atom stereocenters. The molecule has 3 aromatic carbocycles. The van der Waals surface area contributed by atoms with Gasteiger partial charge in [-0.05, 0) is 30.3 Å². The van der Waals surface area contributed by atoms with E-state index in [-0.39, 0.29) is 11.4 Å². The van der Waals surface area contributed by atoms with Crippen LogP contribution in [0.2, 0.25) is 0 Å². The van der Waals surface area contributed by atoms with Crippen molar-refractivity contribution in [1.29, 1.82) is 0 Å². The molecule has 0 aromatic heterocycles. The molecule has 1 amide bonds. The normalized spacial score (nSPS) is 10.5. The van der Waals surface area contributed by atoms with Crippen molar-refractivity contribution in [2.45, 2.75) is 0 Å². The summed E-state index contributed by atoms with van der Waals surface area (Å²) in [4.78, 5) is 69.4. The molecule has 18 heteroatoms. The number of anilines is 1. The molecule has 0 spiro atoms. The minimum atomic E-state index is -1.20. The van der Waals surface area contributed by atoms with Gasteiger partial charge < -0.3 is 4.84 Å². The van der Waals surface area contributed by atoms with Crippen LogP contribution in [0.3, 0.4) is 0 Å². The first-order chi connectivity index (χ1) is 18.0. The average molecular weight is 525 g/mol. The van der Waals surface area contributed by atoms with Crippen LogP contribution >= 0.6 is 0 Å². The molecule has 0 fully saturated rings. The van der Waals surface area contributed by atoms with Gasteiger partial charge in [0.1, 0.15) is 5.56 Å². The smallest absolute Gasteiger partial charge is 0.338 e. The van der Waals surface area contributed by atoms with Crippen LogP contribution in [0.5, 0.6) is 0 Å². The van der Waals surface area contributed by atoms with Crippen molar-refractivity contribution in [3.63, 3.8) is 0 Å². The molecule has 0 radical (unpaired) electrons. The van der Waals surface area contributed by atoms with Crippen LogP contribution in [-0.2, 0) is 4.84 Å². The molecule has 3 rings (SSSR count). The van der Waals surface area contributed by atoms with Crippen molar-refractivity contribution in [3.8, 4) is 0 Å². The first kappa shape index (κ1) is 26.4. The number of carbonyl (C=O) groups is 2. The quantitative estimate of drug-likeness (QED) is 0.231. The van der Waals surface area contributed by atoms with Gasteiger partial charge in [0.2, 0.25) is 0 Å². The van der Waals surface area contributed by atoms with Gasteiger partial charge in [0, 0.05) is 18.2 Å². The molecule has 1 N–H and O–H groups in total. The molecule has 0 aliphatic heterocycles. The van der Waals surface area contributed by atoms with E-state index < -0.39 is 65.4 Å². The molecular formula is C20H11N7O11. The third-order valence-corrected chi connectivity index (χ3v) is 4.57. The Balaban J connectivity index is 1.68. The van der Waals surface area contributed by atoms with Crippen LogP contribution < -0.4 is 5.48 Å². The Hall–Kier alpha value is -6.20. The topological polar surface area (TPSA) is 253 Å². The van der Waals surface area contributed by atoms with Crippen molar-refractivity contribution < 1.29 is 34.1 Å². The van der Waals surface area contributed by atoms with E-state index in [1.807, 2.05) is 0 Å². The molecule has 0 bridgehead atoms. The molecule has 0 saturated heterocycles. The Labute approximate surface area is 208 Å². The van der Waals surface area contributed by atoms with E-state index in [1.54, 1.807) is 0 Å². The number of benzene rings is 3. The van der Waals surface area contributed by atoms with Gasteiger partial charge in [-0.15, -0.1) is 10.2 Å². The fourth-order valence-corrected chi connectivity index (χ4v) is 2.80. The summed E-state index contributed by atoms with van der Waals surface area (Å²) < 4.78 is 0. The molecule has 0 saturated carbocycles. The van der Waals surface area contributed by atoms with Crippen LogP contribution in [0, 0.1) is 40.5 Å². The van der Waals surface area contributed by atoms with Crippen LogP contribution in [0.15, 0.2) is 70.9 Å². The zero-order valence-corrected chi connectivity index (χ0v) is 18.4. The van der Waals surface area contributed by atoms with E-state index in [2.05, 4.69) is 15.7 Å². The van der Waals surface area contributed by atoms with Crippen LogP contribution in [-0.4, -0.2) is 31.6 Å². The first-order valence-corrected chi connectivity index (χ1v) is 9.86. The maximum absolute atomic E-state index is 12.2. The Bertz CT molecular complexity index is 1490. The monoisotopic (exact) mass is 525 g/mol. The Morgan fingerprint density at radius 1 is 0.711 bits per heavy atom. The fourth-order valence-electron chi connectivity index (χ4n) is 2.80. The van der Waals surface area contributed by atoms with Gasteiger partial charge in [-0.2, -0.15) is 0 Å². The summed E-state index contributed by atoms with van der Waals surface area (Å²) in [6.07, 6.45) is 0. The summed E-state index contributed by atoms with van der Waals surface area (Å²) in [5.41, 5.74) is -1.28. The van der Waals surface area contributed by atoms with Crippen molar-refractivity contribution in [1.82, 2.24) is 0 Å². The van der Waals surface area contributed by atoms with E-state index in [1.165, 1.54) is 24.3 Å². The maximum atomic E-state index is 12.2. The Kier molecular flexibility index (Phi) is 7.66. The molecular weight excluding hydrogens is 514 g/mol. The number of amides is 1. The van der Waals surface area contributed by atoms with Gasteiger partial charge in [-0.25, -0.2) is 10.3 Å². The lowest BCUT2D eigenvalue weighted by Gasteiger charge is -2.07. The lowest BCUT2D eigenvalue weighted by Crippen LogP contribution is -2.12. The van der Waals surface area contributed by atoms with Crippen LogP contribution in [0.4, 0.5) is 34.1 Å². The molecule has 0 aliphatic rings. The largest absolute Gasteiger partial charge is 0.369 e. The number of carbonyl (C=O) groups excluding carboxylic acids is 2. The minimum Gasteiger partial charge on any atom is -0.338 e. The number of non-ortho nitro benzene ring substituents is 3. The highest BCUT2D eigenvalue weighted by atomic mass is 16.7. The molecule has 0 heterocycles. The zero-order valence-electron chi connectivity index (χ0n) is 18.4. The van der Waals surface area contributed by atoms with E-state index in [4.69, 9.17) is 4.84 Å². The zero-order chi connectivity index (χ0) is 28.0. The summed E-state index contributed by atoms with van der Waals surface area (Å²) in [5.74, 6) is -2.29. The SMILES string of the molecule is O=C(N=Nc1ccc(NOC(=O)c2ccc([N+](=O)[O-])cc2[N+](=O)[O-])cc1)c1cc([N+](=O)[O-])cc([N+](=O)[O-])c1. The van der Waals surface area contributed by atoms with Gasteiger partial charge in [0.25, 0.3) is 28.7 Å². The number of nitrogens with zero attached hydrogens (tertiary/aromatic N) is 6. The van der Waals surface area contributed by atoms with Crippen LogP contribution in [0.1, 0.15) is 20.7 Å². The standard InChI is InChI=1S/C20H11N7O11/c28-19(11-7-15(25(32)33)9-16(8-11)26(34)35)22-21-12-1-3-13(4-2-12)23-38-20(29)17-6-5-14(24(30)31)10-18(17)27(36)37/h1-10,23H. The van der Waals surface area contributed by atoms with Gasteiger partial charge >= 0.3 is 5.97 Å². The number of nitro groups is 4. The van der Waals surface area contributed by atoms with E-state index in [9.17, 15) is 50.0 Å². The maximum Gasteiger partial charge on any atom is 0.369 e. The number of hydrogen-bond acceptors (Lipinski definition) is 13. The van der Waals surface area contributed by atoms with Crippen molar-refractivity contribution in [2.75, 3.05) is 5.48 Å². The molecule has 0 aliphatic carbocycles. The van der Waals surface area contributed by atoms with Crippen molar-refractivity contribution in [3.05, 3.63) is 112 Å². The molecule has 18 nitrogen and oxygen atoms in total. The van der Waals surface area contributed by atoms with Crippen molar-refractivity contribution in [2.24, 2.45) is 10.2 Å². The van der Waals surface area contributed by atoms with E-state index >= 15 is 0 Å². The second-order valence-electron chi connectivity index (χ2n) is 7.01. The number of nitrogens with one attached hydrogen (secondary N) is 1. The predicted molar refractivity (Wildman–Crippen MR) is 124 cm³/mol. The van der Waals surface area contributed by atoms with Gasteiger partial charge in [0.15, 0.2) is 0 Å². The summed E-state index contributed by atoms with van der Waals surface area (Å²) in [5, 5.41) is 50.9. The highest BCUT2D eigenvalue weighted by Gasteiger charge is 2.25. The third-order valence-electron chi connectivity index (χ3n) is 4.57. The summed E-state index contributed by atoms with van der Waals surface area (Å²) in [7, 11) is 0. The molecule has 192 valence electrons. The van der Waals surface area contributed by atoms with Gasteiger partial charge in [-0.3, -0.25) is 45.3 Å². The number of hydrogen-bond donors (Lipinski definition) is 1. The fraction of sp³-hybridized carbons (Fsp3) is 0. The molecule has 0 unspecified atom stereocenters. The minimum absolute atomic E-state index is 0.0983. The summed E-state index contributed by atoms with van der Waals surface area (Å²) >= 11 is 0. The lowest BCUT2D eigenvalue weighted by atomic mass is 10.1. The van der Waals surface area contributed by atoms with Crippen molar-refractivity contribution >= 4 is 46.0 Å². The number of nitro benzene ring substituents is 4. The van der Waals surface area contributed by atoms with E-state index in [0.717, 1.165) is 24.3 Å². The summed E-state index contributed by atoms with van der Waals surface area (Å²) in [6.45, 7) is 0. The van der Waals surface area contributed by atoms with Crippen LogP contribution in [0.25, 0.3) is 0 Å². The van der Waals surface area contributed by atoms with Gasteiger partial charge in [-0.1, -0.05) is 0 Å². The highest BCUT2D eigenvalue weighted by molar-refractivity contribution is 5.96. The first-order valence-electron chi connectivity index (χ1n) is 9.86. The lowest BCUT2D eigenvalue weighted by molar-refractivity contribution is -0.394. The number of azo groups is 1. The third kappa shape index (κ3) is 6.27. The molecule has 38 heavy (non-hydrogen) atoms. The van der Waals surface area contributed by atoms with E-state index in [0.29, 0.717) is 12.1 Å².